The molecule has 3 aromatic rings. The van der Waals surface area contributed by atoms with Crippen molar-refractivity contribution in [1.29, 1.82) is 0 Å². The molecule has 0 unspecified atom stereocenters. The van der Waals surface area contributed by atoms with E-state index in [2.05, 4.69) is 4.98 Å². The first-order valence-electron chi connectivity index (χ1n) is 9.47. The van der Waals surface area contributed by atoms with E-state index in [0.29, 0.717) is 13.1 Å². The fourth-order valence-corrected chi connectivity index (χ4v) is 6.08. The number of carbonyl (C=O) groups is 1. The van der Waals surface area contributed by atoms with Gasteiger partial charge in [0.05, 0.1) is 17.1 Å². The number of benzene rings is 2. The average molecular weight is 462 g/mol. The van der Waals surface area contributed by atoms with Gasteiger partial charge in [0.1, 0.15) is 9.90 Å². The standard InChI is InChI=1S/C21H20ClN3O3S2/c22-18-8-4-5-9-19(18)30(27,28)25-12-10-24(11-13-25)20(26)14-17-15-29-21(23-17)16-6-2-1-3-7-16/h1-9,15H,10-14H2. The Balaban J connectivity index is 1.37. The molecule has 0 spiro atoms. The predicted molar refractivity (Wildman–Crippen MR) is 118 cm³/mol. The predicted octanol–water partition coefficient (Wildman–Crippen LogP) is 3.54. The van der Waals surface area contributed by atoms with Crippen LogP contribution in [0.4, 0.5) is 0 Å². The minimum atomic E-state index is -3.68. The van der Waals surface area contributed by atoms with Crippen LogP contribution in [0.25, 0.3) is 10.6 Å². The van der Waals surface area contributed by atoms with E-state index >= 15 is 0 Å². The quantitative estimate of drug-likeness (QED) is 0.582. The van der Waals surface area contributed by atoms with E-state index in [1.54, 1.807) is 23.1 Å². The van der Waals surface area contributed by atoms with Crippen molar-refractivity contribution >= 4 is 38.9 Å². The largest absolute Gasteiger partial charge is 0.340 e. The topological polar surface area (TPSA) is 70.6 Å². The molecule has 30 heavy (non-hydrogen) atoms. The zero-order valence-corrected chi connectivity index (χ0v) is 18.5. The number of nitrogens with zero attached hydrogens (tertiary/aromatic N) is 3. The Morgan fingerprint density at radius 2 is 1.67 bits per heavy atom. The van der Waals surface area contributed by atoms with Gasteiger partial charge in [-0.1, -0.05) is 54.1 Å². The summed E-state index contributed by atoms with van der Waals surface area (Å²) in [7, 11) is -3.68. The fraction of sp³-hybridized carbons (Fsp3) is 0.238. The van der Waals surface area contributed by atoms with Gasteiger partial charge in [-0.2, -0.15) is 4.31 Å². The van der Waals surface area contributed by atoms with E-state index in [-0.39, 0.29) is 35.3 Å². The van der Waals surface area contributed by atoms with Crippen LogP contribution in [0.2, 0.25) is 5.02 Å². The number of sulfonamides is 1. The summed E-state index contributed by atoms with van der Waals surface area (Å²) in [5.74, 6) is -0.0466. The minimum absolute atomic E-state index is 0.0466. The molecule has 1 aliphatic heterocycles. The Morgan fingerprint density at radius 3 is 2.37 bits per heavy atom. The molecule has 1 fully saturated rings. The number of halogens is 1. The summed E-state index contributed by atoms with van der Waals surface area (Å²) >= 11 is 7.58. The molecule has 156 valence electrons. The number of carbonyl (C=O) groups excluding carboxylic acids is 1. The molecule has 0 radical (unpaired) electrons. The normalized spacial score (nSPS) is 15.3. The molecule has 4 rings (SSSR count). The molecule has 0 bridgehead atoms. The third-order valence-corrected chi connectivity index (χ3v) is 8.29. The highest BCUT2D eigenvalue weighted by atomic mass is 35.5. The van der Waals surface area contributed by atoms with Crippen molar-refractivity contribution in [1.82, 2.24) is 14.2 Å². The number of hydrogen-bond donors (Lipinski definition) is 0. The lowest BCUT2D eigenvalue weighted by Crippen LogP contribution is -2.50. The van der Waals surface area contributed by atoms with Crippen LogP contribution >= 0.6 is 22.9 Å². The molecule has 1 saturated heterocycles. The molecular weight excluding hydrogens is 442 g/mol. The number of rotatable bonds is 5. The zero-order chi connectivity index (χ0) is 21.1. The van der Waals surface area contributed by atoms with Gasteiger partial charge in [0.25, 0.3) is 0 Å². The van der Waals surface area contributed by atoms with Crippen molar-refractivity contribution in [3.8, 4) is 10.6 Å². The first kappa shape index (κ1) is 21.0. The van der Waals surface area contributed by atoms with Crippen molar-refractivity contribution in [3.05, 3.63) is 70.7 Å². The monoisotopic (exact) mass is 461 g/mol. The Labute approximate surface area is 184 Å². The molecule has 1 amide bonds. The van der Waals surface area contributed by atoms with E-state index in [1.165, 1.54) is 21.7 Å². The van der Waals surface area contributed by atoms with Gasteiger partial charge in [-0.05, 0) is 12.1 Å². The molecule has 9 heteroatoms. The lowest BCUT2D eigenvalue weighted by atomic mass is 10.2. The van der Waals surface area contributed by atoms with Crippen molar-refractivity contribution in [3.63, 3.8) is 0 Å². The van der Waals surface area contributed by atoms with Gasteiger partial charge >= 0.3 is 0 Å². The summed E-state index contributed by atoms with van der Waals surface area (Å²) in [6.45, 7) is 1.17. The maximum Gasteiger partial charge on any atom is 0.244 e. The summed E-state index contributed by atoms with van der Waals surface area (Å²) in [5.41, 5.74) is 1.76. The van der Waals surface area contributed by atoms with Crippen molar-refractivity contribution in [2.45, 2.75) is 11.3 Å². The van der Waals surface area contributed by atoms with Gasteiger partial charge < -0.3 is 4.90 Å². The number of thiazole rings is 1. The van der Waals surface area contributed by atoms with Gasteiger partial charge in [0.15, 0.2) is 0 Å². The summed E-state index contributed by atoms with van der Waals surface area (Å²) in [6.07, 6.45) is 0.209. The Bertz CT molecular complexity index is 1140. The molecular formula is C21H20ClN3O3S2. The summed E-state index contributed by atoms with van der Waals surface area (Å²) in [6, 6.07) is 16.2. The maximum atomic E-state index is 12.8. The molecule has 2 heterocycles. The van der Waals surface area contributed by atoms with Crippen LogP contribution in [0.3, 0.4) is 0 Å². The highest BCUT2D eigenvalue weighted by molar-refractivity contribution is 7.89. The number of aromatic nitrogens is 1. The molecule has 0 aliphatic carbocycles. The van der Waals surface area contributed by atoms with E-state index < -0.39 is 10.0 Å². The third kappa shape index (κ3) is 4.41. The van der Waals surface area contributed by atoms with E-state index in [9.17, 15) is 13.2 Å². The zero-order valence-electron chi connectivity index (χ0n) is 16.1. The highest BCUT2D eigenvalue weighted by Gasteiger charge is 2.31. The molecule has 2 aromatic carbocycles. The van der Waals surface area contributed by atoms with Gasteiger partial charge in [0.2, 0.25) is 15.9 Å². The van der Waals surface area contributed by atoms with Crippen LogP contribution in [-0.2, 0) is 21.2 Å². The first-order chi connectivity index (χ1) is 14.4. The van der Waals surface area contributed by atoms with E-state index in [4.69, 9.17) is 11.6 Å². The SMILES string of the molecule is O=C(Cc1csc(-c2ccccc2)n1)N1CCN(S(=O)(=O)c2ccccc2Cl)CC1. The van der Waals surface area contributed by atoms with Crippen LogP contribution in [0.5, 0.6) is 0 Å². The second-order valence-electron chi connectivity index (χ2n) is 6.90. The van der Waals surface area contributed by atoms with Gasteiger partial charge in [-0.25, -0.2) is 13.4 Å². The highest BCUT2D eigenvalue weighted by Crippen LogP contribution is 2.26. The lowest BCUT2D eigenvalue weighted by molar-refractivity contribution is -0.131. The molecule has 6 nitrogen and oxygen atoms in total. The lowest BCUT2D eigenvalue weighted by Gasteiger charge is -2.34. The number of hydrogen-bond acceptors (Lipinski definition) is 5. The molecule has 1 aromatic heterocycles. The fourth-order valence-electron chi connectivity index (χ4n) is 3.34. The average Bonchev–Trinajstić information content (AvgIpc) is 3.23. The van der Waals surface area contributed by atoms with Crippen molar-refractivity contribution < 1.29 is 13.2 Å². The molecule has 0 saturated carbocycles. The van der Waals surface area contributed by atoms with Gasteiger partial charge in [0, 0.05) is 37.1 Å². The van der Waals surface area contributed by atoms with Gasteiger partial charge in [-0.3, -0.25) is 4.79 Å². The first-order valence-corrected chi connectivity index (χ1v) is 12.2. The van der Waals surface area contributed by atoms with Crippen LogP contribution in [0.15, 0.2) is 64.9 Å². The van der Waals surface area contributed by atoms with Crippen LogP contribution in [0.1, 0.15) is 5.69 Å². The maximum absolute atomic E-state index is 12.8. The Morgan fingerprint density at radius 1 is 1.00 bits per heavy atom. The minimum Gasteiger partial charge on any atom is -0.340 e. The smallest absolute Gasteiger partial charge is 0.244 e. The summed E-state index contributed by atoms with van der Waals surface area (Å²) in [4.78, 5) is 19.1. The number of piperazine rings is 1. The van der Waals surface area contributed by atoms with Crippen molar-refractivity contribution in [2.75, 3.05) is 26.2 Å². The summed E-state index contributed by atoms with van der Waals surface area (Å²) < 4.78 is 27.1. The van der Waals surface area contributed by atoms with Gasteiger partial charge in [-0.15, -0.1) is 11.3 Å². The van der Waals surface area contributed by atoms with Crippen LogP contribution in [-0.4, -0.2) is 54.7 Å². The van der Waals surface area contributed by atoms with Crippen molar-refractivity contribution in [2.24, 2.45) is 0 Å². The molecule has 0 N–H and O–H groups in total. The number of amides is 1. The second-order valence-corrected chi connectivity index (χ2v) is 10.1. The van der Waals surface area contributed by atoms with E-state index in [0.717, 1.165) is 16.3 Å². The second kappa shape index (κ2) is 8.85. The third-order valence-electron chi connectivity index (χ3n) is 4.95. The Kier molecular flexibility index (Phi) is 6.19. The molecule has 1 aliphatic rings. The van der Waals surface area contributed by atoms with E-state index in [1.807, 2.05) is 35.7 Å². The summed E-state index contributed by atoms with van der Waals surface area (Å²) in [5, 5.41) is 2.99. The molecule has 0 atom stereocenters. The van der Waals surface area contributed by atoms with Crippen LogP contribution < -0.4 is 0 Å². The van der Waals surface area contributed by atoms with Crippen LogP contribution in [0, 0.1) is 0 Å². The Hall–Kier alpha value is -2.26.